The number of alkyl halides is 3. The summed E-state index contributed by atoms with van der Waals surface area (Å²) in [5, 5.41) is -4.88. The van der Waals surface area contributed by atoms with Gasteiger partial charge in [0.25, 0.3) is 0 Å². The van der Waals surface area contributed by atoms with Crippen LogP contribution in [0, 0.1) is 0 Å². The highest BCUT2D eigenvalue weighted by Gasteiger charge is 2.52. The first-order valence-corrected chi connectivity index (χ1v) is 11.0. The maximum absolute atomic E-state index is 13.6. The van der Waals surface area contributed by atoms with Crippen molar-refractivity contribution in [2.75, 3.05) is 6.61 Å². The average molecular weight is 450 g/mol. The van der Waals surface area contributed by atoms with E-state index < -0.39 is 34.6 Å². The topological polar surface area (TPSA) is 63.6 Å². The number of benzene rings is 3. The Kier molecular flexibility index (Phi) is 7.02. The van der Waals surface area contributed by atoms with Crippen molar-refractivity contribution in [1.82, 2.24) is 0 Å². The maximum Gasteiger partial charge on any atom is 0.400 e. The standard InChI is InChI=1S/C23H21F3O4S/c24-21(23(25,26)31(27,28)29)15-16-30-20-13-11-19(12-14-20)22(17-7-3-1-4-8-17)18-9-5-2-6-10-18/h1-14,21-22H,15-16H2,(H,27,28,29). The van der Waals surface area contributed by atoms with Crippen molar-refractivity contribution in [1.29, 1.82) is 0 Å². The minimum atomic E-state index is -5.83. The third-order valence-corrected chi connectivity index (χ3v) is 5.77. The molecule has 8 heteroatoms. The fourth-order valence-electron chi connectivity index (χ4n) is 3.23. The average Bonchev–Trinajstić information content (AvgIpc) is 2.75. The Hall–Kier alpha value is -2.84. The van der Waals surface area contributed by atoms with Gasteiger partial charge in [0.15, 0.2) is 6.17 Å². The van der Waals surface area contributed by atoms with Crippen molar-refractivity contribution >= 4 is 10.1 Å². The van der Waals surface area contributed by atoms with E-state index >= 15 is 0 Å². The Morgan fingerprint density at radius 1 is 0.806 bits per heavy atom. The molecule has 0 aliphatic heterocycles. The normalized spacial score (nSPS) is 13.2. The van der Waals surface area contributed by atoms with Gasteiger partial charge in [-0.15, -0.1) is 0 Å². The molecule has 0 radical (unpaired) electrons. The van der Waals surface area contributed by atoms with Gasteiger partial charge in [0.1, 0.15) is 5.75 Å². The van der Waals surface area contributed by atoms with Crippen LogP contribution in [-0.2, 0) is 10.1 Å². The van der Waals surface area contributed by atoms with Gasteiger partial charge in [-0.2, -0.15) is 17.2 Å². The van der Waals surface area contributed by atoms with Crippen molar-refractivity contribution < 1.29 is 30.9 Å². The van der Waals surface area contributed by atoms with Crippen LogP contribution < -0.4 is 4.74 Å². The molecule has 4 nitrogen and oxygen atoms in total. The van der Waals surface area contributed by atoms with Gasteiger partial charge in [0.2, 0.25) is 0 Å². The number of hydrogen-bond acceptors (Lipinski definition) is 3. The van der Waals surface area contributed by atoms with E-state index in [0.717, 1.165) is 16.7 Å². The molecule has 0 fully saturated rings. The lowest BCUT2D eigenvalue weighted by Gasteiger charge is -2.20. The molecule has 0 heterocycles. The molecule has 0 saturated carbocycles. The van der Waals surface area contributed by atoms with Gasteiger partial charge in [0.05, 0.1) is 6.61 Å². The minimum absolute atomic E-state index is 0.0277. The molecular weight excluding hydrogens is 429 g/mol. The summed E-state index contributed by atoms with van der Waals surface area (Å²) in [6.07, 6.45) is -3.98. The van der Waals surface area contributed by atoms with Gasteiger partial charge >= 0.3 is 15.4 Å². The van der Waals surface area contributed by atoms with Crippen molar-refractivity contribution in [3.05, 3.63) is 102 Å². The zero-order valence-electron chi connectivity index (χ0n) is 16.4. The molecule has 164 valence electrons. The first kappa shape index (κ1) is 22.8. The lowest BCUT2D eigenvalue weighted by molar-refractivity contribution is -0.0110. The Morgan fingerprint density at radius 3 is 1.71 bits per heavy atom. The Bertz CT molecular complexity index is 1030. The second kappa shape index (κ2) is 9.53. The molecule has 0 aromatic heterocycles. The van der Waals surface area contributed by atoms with E-state index in [-0.39, 0.29) is 5.92 Å². The third-order valence-electron chi connectivity index (χ3n) is 4.83. The third kappa shape index (κ3) is 5.45. The van der Waals surface area contributed by atoms with Gasteiger partial charge in [-0.1, -0.05) is 72.8 Å². The smallest absolute Gasteiger partial charge is 0.400 e. The molecule has 3 aromatic carbocycles. The SMILES string of the molecule is O=S(=O)(O)C(F)(F)C(F)CCOc1ccc(C(c2ccccc2)c2ccccc2)cc1. The van der Waals surface area contributed by atoms with Gasteiger partial charge in [-0.05, 0) is 28.8 Å². The second-order valence-electron chi connectivity index (χ2n) is 6.96. The van der Waals surface area contributed by atoms with Crippen molar-refractivity contribution in [2.24, 2.45) is 0 Å². The van der Waals surface area contributed by atoms with E-state index in [0.29, 0.717) is 5.75 Å². The molecular formula is C23H21F3O4S. The summed E-state index contributed by atoms with van der Waals surface area (Å²) in [6.45, 7) is -0.480. The van der Waals surface area contributed by atoms with Crippen LogP contribution in [0.15, 0.2) is 84.9 Å². The lowest BCUT2D eigenvalue weighted by atomic mass is 9.85. The first-order valence-electron chi connectivity index (χ1n) is 9.51. The molecule has 1 unspecified atom stereocenters. The van der Waals surface area contributed by atoms with E-state index in [1.807, 2.05) is 72.8 Å². The molecule has 3 rings (SSSR count). The molecule has 0 aliphatic carbocycles. The van der Waals surface area contributed by atoms with E-state index in [4.69, 9.17) is 9.29 Å². The summed E-state index contributed by atoms with van der Waals surface area (Å²) in [5.41, 5.74) is 3.16. The van der Waals surface area contributed by atoms with Crippen LogP contribution in [0.5, 0.6) is 5.75 Å². The first-order chi connectivity index (χ1) is 14.7. The molecule has 1 atom stereocenters. The largest absolute Gasteiger partial charge is 0.493 e. The maximum atomic E-state index is 13.6. The van der Waals surface area contributed by atoms with Gasteiger partial charge in [0, 0.05) is 12.3 Å². The number of rotatable bonds is 9. The van der Waals surface area contributed by atoms with Crippen LogP contribution in [0.1, 0.15) is 29.0 Å². The van der Waals surface area contributed by atoms with Gasteiger partial charge in [-0.25, -0.2) is 4.39 Å². The van der Waals surface area contributed by atoms with Crippen molar-refractivity contribution in [3.63, 3.8) is 0 Å². The highest BCUT2D eigenvalue weighted by molar-refractivity contribution is 7.86. The van der Waals surface area contributed by atoms with Crippen LogP contribution in [-0.4, -0.2) is 31.0 Å². The zero-order chi connectivity index (χ0) is 22.5. The molecule has 0 saturated heterocycles. The highest BCUT2D eigenvalue weighted by Crippen LogP contribution is 2.33. The van der Waals surface area contributed by atoms with Crippen LogP contribution in [0.3, 0.4) is 0 Å². The Morgan fingerprint density at radius 2 is 1.26 bits per heavy atom. The van der Waals surface area contributed by atoms with E-state index in [2.05, 4.69) is 0 Å². The highest BCUT2D eigenvalue weighted by atomic mass is 32.2. The summed E-state index contributed by atoms with van der Waals surface area (Å²) in [5.74, 6) is 0.297. The van der Waals surface area contributed by atoms with Gasteiger partial charge in [-0.3, -0.25) is 4.55 Å². The van der Waals surface area contributed by atoms with Crippen LogP contribution >= 0.6 is 0 Å². The quantitative estimate of drug-likeness (QED) is 0.348. The fraction of sp³-hybridized carbons (Fsp3) is 0.217. The monoisotopic (exact) mass is 450 g/mol. The van der Waals surface area contributed by atoms with E-state index in [1.165, 1.54) is 0 Å². The molecule has 0 bridgehead atoms. The predicted molar refractivity (Wildman–Crippen MR) is 112 cm³/mol. The van der Waals surface area contributed by atoms with Crippen LogP contribution in [0.2, 0.25) is 0 Å². The molecule has 31 heavy (non-hydrogen) atoms. The number of halogens is 3. The zero-order valence-corrected chi connectivity index (χ0v) is 17.2. The van der Waals surface area contributed by atoms with E-state index in [9.17, 15) is 21.6 Å². The molecule has 0 amide bonds. The molecule has 1 N–H and O–H groups in total. The van der Waals surface area contributed by atoms with Crippen LogP contribution in [0.4, 0.5) is 13.2 Å². The van der Waals surface area contributed by atoms with Gasteiger partial charge < -0.3 is 4.74 Å². The summed E-state index contributed by atoms with van der Waals surface area (Å²) in [4.78, 5) is 0. The summed E-state index contributed by atoms with van der Waals surface area (Å²) in [6, 6.07) is 26.8. The fourth-order valence-corrected chi connectivity index (χ4v) is 3.68. The summed E-state index contributed by atoms with van der Waals surface area (Å²) < 4.78 is 74.9. The minimum Gasteiger partial charge on any atom is -0.493 e. The Labute approximate surface area is 179 Å². The number of ether oxygens (including phenoxy) is 1. The second-order valence-corrected chi connectivity index (χ2v) is 8.46. The van der Waals surface area contributed by atoms with E-state index in [1.54, 1.807) is 12.1 Å². The van der Waals surface area contributed by atoms with Crippen molar-refractivity contribution in [2.45, 2.75) is 23.8 Å². The Balaban J connectivity index is 1.71. The molecule has 0 spiro atoms. The summed E-state index contributed by atoms with van der Waals surface area (Å²) >= 11 is 0. The van der Waals surface area contributed by atoms with Crippen LogP contribution in [0.25, 0.3) is 0 Å². The lowest BCUT2D eigenvalue weighted by Crippen LogP contribution is -2.39. The predicted octanol–water partition coefficient (Wildman–Crippen LogP) is 5.45. The number of hydrogen-bond donors (Lipinski definition) is 1. The molecule has 3 aromatic rings. The summed E-state index contributed by atoms with van der Waals surface area (Å²) in [7, 11) is -5.83. The molecule has 0 aliphatic rings. The van der Waals surface area contributed by atoms with Crippen molar-refractivity contribution in [3.8, 4) is 5.75 Å².